The molecular formula is C25H29N3O. The monoisotopic (exact) mass is 387 g/mol. The summed E-state index contributed by atoms with van der Waals surface area (Å²) in [5.41, 5.74) is 7.35. The molecule has 150 valence electrons. The summed E-state index contributed by atoms with van der Waals surface area (Å²) in [5, 5.41) is 1.30. The number of para-hydroxylation sites is 1. The summed E-state index contributed by atoms with van der Waals surface area (Å²) in [4.78, 5) is 8.82. The van der Waals surface area contributed by atoms with E-state index in [0.717, 1.165) is 39.4 Å². The van der Waals surface area contributed by atoms with Gasteiger partial charge in [0.05, 0.1) is 13.2 Å². The standard InChI is InChI=1S/C25H29N3O/c1-27-16-19-14-20(25(8-9-25)28-10-12-29-13-11-28)6-7-21(19)22(17-27)24-15-18-4-2-3-5-23(18)26-24/h2-7,14-15,22,26H,8-13,16-17H2,1H3. The highest BCUT2D eigenvalue weighted by Gasteiger charge is 2.49. The number of H-pyrrole nitrogens is 1. The Kier molecular flexibility index (Phi) is 4.09. The van der Waals surface area contributed by atoms with Crippen LogP contribution in [0.2, 0.25) is 0 Å². The molecular weight excluding hydrogens is 358 g/mol. The zero-order chi connectivity index (χ0) is 19.4. The van der Waals surface area contributed by atoms with E-state index in [1.54, 1.807) is 0 Å². The fourth-order valence-corrected chi connectivity index (χ4v) is 5.58. The van der Waals surface area contributed by atoms with Crippen molar-refractivity contribution in [1.29, 1.82) is 0 Å². The van der Waals surface area contributed by atoms with Crippen molar-refractivity contribution in [2.24, 2.45) is 0 Å². The lowest BCUT2D eigenvalue weighted by molar-refractivity contribution is 0.00831. The largest absolute Gasteiger partial charge is 0.379 e. The van der Waals surface area contributed by atoms with Gasteiger partial charge in [-0.3, -0.25) is 4.90 Å². The van der Waals surface area contributed by atoms with Crippen molar-refractivity contribution in [2.45, 2.75) is 30.8 Å². The fourth-order valence-electron chi connectivity index (χ4n) is 5.58. The summed E-state index contributed by atoms with van der Waals surface area (Å²) >= 11 is 0. The lowest BCUT2D eigenvalue weighted by atomic mass is 9.85. The minimum atomic E-state index is 0.269. The van der Waals surface area contributed by atoms with Crippen molar-refractivity contribution >= 4 is 10.9 Å². The van der Waals surface area contributed by atoms with E-state index in [-0.39, 0.29) is 5.54 Å². The summed E-state index contributed by atoms with van der Waals surface area (Å²) in [7, 11) is 2.25. The van der Waals surface area contributed by atoms with E-state index in [1.165, 1.54) is 46.1 Å². The molecule has 0 bridgehead atoms. The average Bonchev–Trinajstić information content (AvgIpc) is 3.46. The van der Waals surface area contributed by atoms with Crippen molar-refractivity contribution in [3.63, 3.8) is 0 Å². The zero-order valence-electron chi connectivity index (χ0n) is 17.2. The van der Waals surface area contributed by atoms with Gasteiger partial charge in [-0.15, -0.1) is 0 Å². The molecule has 1 saturated heterocycles. The second-order valence-corrected chi connectivity index (χ2v) is 9.11. The molecule has 6 rings (SSSR count). The third-order valence-electron chi connectivity index (χ3n) is 7.26. The molecule has 0 spiro atoms. The van der Waals surface area contributed by atoms with Gasteiger partial charge in [0, 0.05) is 48.8 Å². The van der Waals surface area contributed by atoms with Crippen LogP contribution in [0.3, 0.4) is 0 Å². The molecule has 1 atom stereocenters. The van der Waals surface area contributed by atoms with Crippen LogP contribution >= 0.6 is 0 Å². The Hall–Kier alpha value is -2.14. The molecule has 0 radical (unpaired) electrons. The number of benzene rings is 2. The van der Waals surface area contributed by atoms with Crippen LogP contribution in [0.15, 0.2) is 48.5 Å². The normalized spacial score (nSPS) is 24.5. The lowest BCUT2D eigenvalue weighted by Crippen LogP contribution is -2.43. The van der Waals surface area contributed by atoms with Crippen molar-refractivity contribution in [1.82, 2.24) is 14.8 Å². The van der Waals surface area contributed by atoms with Crippen LogP contribution in [0, 0.1) is 0 Å². The van der Waals surface area contributed by atoms with Gasteiger partial charge in [0.15, 0.2) is 0 Å². The summed E-state index contributed by atoms with van der Waals surface area (Å²) in [6, 6.07) is 18.3. The van der Waals surface area contributed by atoms with Crippen LogP contribution in [-0.4, -0.2) is 54.7 Å². The fraction of sp³-hybridized carbons (Fsp3) is 0.440. The number of ether oxygens (including phenoxy) is 1. The van der Waals surface area contributed by atoms with E-state index in [1.807, 2.05) is 0 Å². The zero-order valence-corrected chi connectivity index (χ0v) is 17.2. The number of aromatic nitrogens is 1. The van der Waals surface area contributed by atoms with Gasteiger partial charge in [0.1, 0.15) is 0 Å². The molecule has 1 N–H and O–H groups in total. The molecule has 1 aliphatic carbocycles. The second kappa shape index (κ2) is 6.69. The van der Waals surface area contributed by atoms with Crippen LogP contribution in [0.25, 0.3) is 10.9 Å². The Morgan fingerprint density at radius 1 is 1.03 bits per heavy atom. The van der Waals surface area contributed by atoms with Gasteiger partial charge in [-0.1, -0.05) is 36.4 Å². The average molecular weight is 388 g/mol. The highest BCUT2D eigenvalue weighted by molar-refractivity contribution is 5.80. The van der Waals surface area contributed by atoms with Crippen LogP contribution in [-0.2, 0) is 16.8 Å². The van der Waals surface area contributed by atoms with Crippen LogP contribution in [0.1, 0.15) is 41.1 Å². The van der Waals surface area contributed by atoms with Gasteiger partial charge in [0.25, 0.3) is 0 Å². The number of hydrogen-bond donors (Lipinski definition) is 1. The summed E-state index contributed by atoms with van der Waals surface area (Å²) in [5.74, 6) is 0.406. The maximum absolute atomic E-state index is 5.60. The predicted molar refractivity (Wildman–Crippen MR) is 116 cm³/mol. The van der Waals surface area contributed by atoms with E-state index in [2.05, 4.69) is 70.4 Å². The van der Waals surface area contributed by atoms with E-state index in [9.17, 15) is 0 Å². The Morgan fingerprint density at radius 3 is 2.66 bits per heavy atom. The minimum Gasteiger partial charge on any atom is -0.379 e. The predicted octanol–water partition coefficient (Wildman–Crippen LogP) is 4.07. The molecule has 2 fully saturated rings. The molecule has 4 nitrogen and oxygen atoms in total. The quantitative estimate of drug-likeness (QED) is 0.735. The SMILES string of the molecule is CN1Cc2cc(C3(N4CCOCC4)CC3)ccc2C(c2cc3ccccc3[nH]2)C1. The van der Waals surface area contributed by atoms with Gasteiger partial charge >= 0.3 is 0 Å². The first-order chi connectivity index (χ1) is 14.2. The molecule has 2 aliphatic heterocycles. The molecule has 3 aromatic rings. The number of rotatable bonds is 3. The number of likely N-dealkylation sites (N-methyl/N-ethyl adjacent to an activating group) is 1. The molecule has 0 amide bonds. The molecule has 1 aromatic heterocycles. The topological polar surface area (TPSA) is 31.5 Å². The maximum atomic E-state index is 5.60. The molecule has 1 saturated carbocycles. The van der Waals surface area contributed by atoms with E-state index < -0.39 is 0 Å². The molecule has 3 heterocycles. The molecule has 3 aliphatic rings. The number of nitrogens with one attached hydrogen (secondary N) is 1. The van der Waals surface area contributed by atoms with Gasteiger partial charge in [0.2, 0.25) is 0 Å². The van der Waals surface area contributed by atoms with Gasteiger partial charge in [-0.25, -0.2) is 0 Å². The summed E-state index contributed by atoms with van der Waals surface area (Å²) in [6.07, 6.45) is 2.57. The van der Waals surface area contributed by atoms with Crippen LogP contribution in [0.5, 0.6) is 0 Å². The Morgan fingerprint density at radius 2 is 1.86 bits per heavy atom. The van der Waals surface area contributed by atoms with Crippen LogP contribution < -0.4 is 0 Å². The number of nitrogens with zero attached hydrogens (tertiary/aromatic N) is 2. The second-order valence-electron chi connectivity index (χ2n) is 9.11. The maximum Gasteiger partial charge on any atom is 0.0594 e. The van der Waals surface area contributed by atoms with Gasteiger partial charge < -0.3 is 14.6 Å². The lowest BCUT2D eigenvalue weighted by Gasteiger charge is -2.37. The van der Waals surface area contributed by atoms with Crippen LogP contribution in [0.4, 0.5) is 0 Å². The molecule has 1 unspecified atom stereocenters. The number of hydrogen-bond acceptors (Lipinski definition) is 3. The number of fused-ring (bicyclic) bond motifs is 2. The van der Waals surface area contributed by atoms with Crippen molar-refractivity contribution in [3.8, 4) is 0 Å². The summed E-state index contributed by atoms with van der Waals surface area (Å²) < 4.78 is 5.60. The third-order valence-corrected chi connectivity index (χ3v) is 7.26. The smallest absolute Gasteiger partial charge is 0.0594 e. The highest BCUT2D eigenvalue weighted by atomic mass is 16.5. The van der Waals surface area contributed by atoms with Gasteiger partial charge in [-0.05, 0) is 54.1 Å². The van der Waals surface area contributed by atoms with E-state index in [0.29, 0.717) is 5.92 Å². The minimum absolute atomic E-state index is 0.269. The first kappa shape index (κ1) is 17.7. The Labute approximate surface area is 172 Å². The van der Waals surface area contributed by atoms with Crippen molar-refractivity contribution in [3.05, 3.63) is 70.9 Å². The first-order valence-electron chi connectivity index (χ1n) is 11.0. The van der Waals surface area contributed by atoms with Gasteiger partial charge in [-0.2, -0.15) is 0 Å². The number of aromatic amines is 1. The van der Waals surface area contributed by atoms with E-state index in [4.69, 9.17) is 4.74 Å². The first-order valence-corrected chi connectivity index (χ1v) is 11.0. The Balaban J connectivity index is 1.37. The third kappa shape index (κ3) is 2.93. The summed E-state index contributed by atoms with van der Waals surface area (Å²) in [6.45, 7) is 5.98. The highest BCUT2D eigenvalue weighted by Crippen LogP contribution is 2.52. The number of morpholine rings is 1. The molecule has 29 heavy (non-hydrogen) atoms. The molecule has 4 heteroatoms. The van der Waals surface area contributed by atoms with Crippen molar-refractivity contribution < 1.29 is 4.74 Å². The molecule has 2 aromatic carbocycles. The van der Waals surface area contributed by atoms with E-state index >= 15 is 0 Å². The Bertz CT molecular complexity index is 1010. The van der Waals surface area contributed by atoms with Crippen molar-refractivity contribution in [2.75, 3.05) is 39.9 Å².